The Bertz CT molecular complexity index is 1160. The molecule has 1 heterocycles. The molecule has 0 bridgehead atoms. The number of rotatable bonds is 17. The van der Waals surface area contributed by atoms with Crippen molar-refractivity contribution in [3.8, 4) is 0 Å². The normalized spacial score (nSPS) is 14.1. The number of carboxylic acid groups (broad SMARTS) is 2. The minimum absolute atomic E-state index is 0.0120. The first-order chi connectivity index (χ1) is 18.6. The lowest BCUT2D eigenvalue weighted by molar-refractivity contribution is -0.142. The third kappa shape index (κ3) is 9.89. The average molecular weight is 565 g/mol. The first-order valence-electron chi connectivity index (χ1n) is 12.5. The van der Waals surface area contributed by atoms with Crippen LogP contribution in [0.15, 0.2) is 30.5 Å². The van der Waals surface area contributed by atoms with E-state index in [0.717, 1.165) is 10.9 Å². The van der Waals surface area contributed by atoms with Crippen molar-refractivity contribution in [3.63, 3.8) is 0 Å². The van der Waals surface area contributed by atoms with Gasteiger partial charge in [-0.1, -0.05) is 18.2 Å². The zero-order valence-corrected chi connectivity index (χ0v) is 22.3. The highest BCUT2D eigenvalue weighted by atomic mass is 32.1. The van der Waals surface area contributed by atoms with Gasteiger partial charge >= 0.3 is 11.9 Å². The summed E-state index contributed by atoms with van der Waals surface area (Å²) in [6.07, 6.45) is 2.49. The summed E-state index contributed by atoms with van der Waals surface area (Å²) < 4.78 is 0. The zero-order chi connectivity index (χ0) is 28.9. The van der Waals surface area contributed by atoms with Gasteiger partial charge < -0.3 is 42.6 Å². The Morgan fingerprint density at radius 2 is 1.54 bits per heavy atom. The Balaban J connectivity index is 2.10. The Labute approximate surface area is 230 Å². The van der Waals surface area contributed by atoms with Gasteiger partial charge in [-0.05, 0) is 43.9 Å². The summed E-state index contributed by atoms with van der Waals surface area (Å²) in [4.78, 5) is 64.2. The predicted molar refractivity (Wildman–Crippen MR) is 147 cm³/mol. The summed E-state index contributed by atoms with van der Waals surface area (Å²) in [5, 5.41) is 26.9. The Kier molecular flexibility index (Phi) is 12.7. The van der Waals surface area contributed by atoms with Crippen LogP contribution in [0.1, 0.15) is 37.7 Å². The molecule has 2 aromatic rings. The number of aromatic amines is 1. The minimum atomic E-state index is -1.27. The highest BCUT2D eigenvalue weighted by Crippen LogP contribution is 2.19. The number of aliphatic carboxylic acids is 2. The highest BCUT2D eigenvalue weighted by Gasteiger charge is 2.30. The van der Waals surface area contributed by atoms with Crippen LogP contribution >= 0.6 is 12.6 Å². The van der Waals surface area contributed by atoms with Gasteiger partial charge in [0.25, 0.3) is 0 Å². The second kappa shape index (κ2) is 15.7. The molecule has 0 aliphatic heterocycles. The van der Waals surface area contributed by atoms with Gasteiger partial charge in [0.2, 0.25) is 17.7 Å². The Hall–Kier alpha value is -3.62. The van der Waals surface area contributed by atoms with Crippen LogP contribution in [0.25, 0.3) is 10.9 Å². The molecule has 0 fully saturated rings. The molecular formula is C25H36N6O7S. The molecule has 0 radical (unpaired) electrons. The number of hydrogen-bond acceptors (Lipinski definition) is 8. The molecule has 14 heteroatoms. The van der Waals surface area contributed by atoms with Gasteiger partial charge in [0.05, 0.1) is 6.04 Å². The SMILES string of the molecule is NCCCCC(NC(=O)C(CS)NC(=O)C(N)CCC(=O)O)C(=O)NC(Cc1c[nH]c2ccccc12)C(=O)O. The van der Waals surface area contributed by atoms with Crippen molar-refractivity contribution in [2.45, 2.75) is 62.7 Å². The lowest BCUT2D eigenvalue weighted by Gasteiger charge is -2.24. The van der Waals surface area contributed by atoms with Crippen molar-refractivity contribution in [2.75, 3.05) is 12.3 Å². The molecule has 13 nitrogen and oxygen atoms in total. The lowest BCUT2D eigenvalue weighted by atomic mass is 10.0. The first-order valence-corrected chi connectivity index (χ1v) is 13.2. The molecule has 10 N–H and O–H groups in total. The van der Waals surface area contributed by atoms with Crippen molar-refractivity contribution < 1.29 is 34.2 Å². The van der Waals surface area contributed by atoms with Crippen molar-refractivity contribution in [1.82, 2.24) is 20.9 Å². The molecule has 4 unspecified atom stereocenters. The van der Waals surface area contributed by atoms with Gasteiger partial charge in [0.15, 0.2) is 0 Å². The molecule has 0 saturated heterocycles. The monoisotopic (exact) mass is 564 g/mol. The molecule has 0 spiro atoms. The fourth-order valence-electron chi connectivity index (χ4n) is 3.91. The van der Waals surface area contributed by atoms with Gasteiger partial charge in [-0.25, -0.2) is 4.79 Å². The Morgan fingerprint density at radius 1 is 0.897 bits per heavy atom. The fraction of sp³-hybridized carbons (Fsp3) is 0.480. The largest absolute Gasteiger partial charge is 0.481 e. The number of carbonyl (C=O) groups excluding carboxylic acids is 3. The summed E-state index contributed by atoms with van der Waals surface area (Å²) in [5.41, 5.74) is 12.8. The van der Waals surface area contributed by atoms with E-state index in [4.69, 9.17) is 16.6 Å². The van der Waals surface area contributed by atoms with Crippen molar-refractivity contribution in [2.24, 2.45) is 11.5 Å². The number of amides is 3. The second-order valence-electron chi connectivity index (χ2n) is 9.09. The van der Waals surface area contributed by atoms with Crippen molar-refractivity contribution >= 4 is 53.2 Å². The first kappa shape index (κ1) is 31.6. The van der Waals surface area contributed by atoms with Crippen LogP contribution in [0.5, 0.6) is 0 Å². The summed E-state index contributed by atoms with van der Waals surface area (Å²) in [6.45, 7) is 0.365. The zero-order valence-electron chi connectivity index (χ0n) is 21.4. The van der Waals surface area contributed by atoms with E-state index in [1.165, 1.54) is 0 Å². The van der Waals surface area contributed by atoms with E-state index in [9.17, 15) is 29.1 Å². The van der Waals surface area contributed by atoms with Crippen LogP contribution in [0.4, 0.5) is 0 Å². The van der Waals surface area contributed by atoms with Crippen molar-refractivity contribution in [3.05, 3.63) is 36.0 Å². The van der Waals surface area contributed by atoms with Gasteiger partial charge in [-0.2, -0.15) is 12.6 Å². The number of nitrogens with two attached hydrogens (primary N) is 2. The van der Waals surface area contributed by atoms with E-state index in [1.807, 2.05) is 24.3 Å². The van der Waals surface area contributed by atoms with Crippen LogP contribution in [0.3, 0.4) is 0 Å². The number of aromatic nitrogens is 1. The quantitative estimate of drug-likeness (QED) is 0.0889. The number of para-hydroxylation sites is 1. The van der Waals surface area contributed by atoms with Gasteiger partial charge in [-0.3, -0.25) is 19.2 Å². The maximum Gasteiger partial charge on any atom is 0.326 e. The summed E-state index contributed by atoms with van der Waals surface area (Å²) in [6, 6.07) is 2.68. The molecule has 0 aliphatic carbocycles. The van der Waals surface area contributed by atoms with Crippen LogP contribution in [0.2, 0.25) is 0 Å². The van der Waals surface area contributed by atoms with Crippen LogP contribution in [0, 0.1) is 0 Å². The topological polar surface area (TPSA) is 230 Å². The third-order valence-electron chi connectivity index (χ3n) is 6.11. The number of hydrogen-bond donors (Lipinski definition) is 9. The molecular weight excluding hydrogens is 528 g/mol. The summed E-state index contributed by atoms with van der Waals surface area (Å²) in [5.74, 6) is -4.64. The number of benzene rings is 1. The molecule has 39 heavy (non-hydrogen) atoms. The van der Waals surface area contributed by atoms with E-state index < -0.39 is 53.8 Å². The van der Waals surface area contributed by atoms with Crippen LogP contribution < -0.4 is 27.4 Å². The smallest absolute Gasteiger partial charge is 0.326 e. The molecule has 1 aromatic heterocycles. The molecule has 3 amide bonds. The highest BCUT2D eigenvalue weighted by molar-refractivity contribution is 7.80. The van der Waals surface area contributed by atoms with Gasteiger partial charge in [-0.15, -0.1) is 0 Å². The number of H-pyrrole nitrogens is 1. The van der Waals surface area contributed by atoms with E-state index in [2.05, 4.69) is 33.6 Å². The number of fused-ring (bicyclic) bond motifs is 1. The third-order valence-corrected chi connectivity index (χ3v) is 6.48. The van der Waals surface area contributed by atoms with Gasteiger partial charge in [0, 0.05) is 35.7 Å². The summed E-state index contributed by atoms with van der Waals surface area (Å²) in [7, 11) is 0. The van der Waals surface area contributed by atoms with Crippen LogP contribution in [-0.4, -0.2) is 81.3 Å². The maximum absolute atomic E-state index is 13.2. The van der Waals surface area contributed by atoms with E-state index in [0.29, 0.717) is 24.9 Å². The number of nitrogens with one attached hydrogen (secondary N) is 4. The molecule has 2 rings (SSSR count). The Morgan fingerprint density at radius 3 is 2.18 bits per heavy atom. The second-order valence-corrected chi connectivity index (χ2v) is 9.46. The number of carbonyl (C=O) groups is 5. The minimum Gasteiger partial charge on any atom is -0.481 e. The summed E-state index contributed by atoms with van der Waals surface area (Å²) >= 11 is 4.10. The average Bonchev–Trinajstić information content (AvgIpc) is 3.31. The van der Waals surface area contributed by atoms with E-state index >= 15 is 0 Å². The van der Waals surface area contributed by atoms with Crippen molar-refractivity contribution in [1.29, 1.82) is 0 Å². The standard InChI is InChI=1S/C25H36N6O7S/c26-10-4-3-7-18(29-24(36)20(13-39)31-22(34)16(27)8-9-21(32)33)23(35)30-19(25(37)38)11-14-12-28-17-6-2-1-5-15(14)17/h1-2,5-6,12,16,18-20,28,39H,3-4,7-11,13,26-27H2,(H,29,36)(H,30,35)(H,31,34)(H,32,33)(H,37,38). The molecule has 4 atom stereocenters. The molecule has 214 valence electrons. The number of thiol groups is 1. The molecule has 0 aliphatic rings. The van der Waals surface area contributed by atoms with Crippen LogP contribution in [-0.2, 0) is 30.4 Å². The lowest BCUT2D eigenvalue weighted by Crippen LogP contribution is -2.57. The number of carboxylic acids is 2. The van der Waals surface area contributed by atoms with E-state index in [1.54, 1.807) is 6.20 Å². The van der Waals surface area contributed by atoms with Gasteiger partial charge in [0.1, 0.15) is 18.1 Å². The molecule has 0 saturated carbocycles. The predicted octanol–water partition coefficient (Wildman–Crippen LogP) is -0.500. The maximum atomic E-state index is 13.2. The van der Waals surface area contributed by atoms with E-state index in [-0.39, 0.29) is 31.4 Å². The molecule has 1 aromatic carbocycles. The fourth-order valence-corrected chi connectivity index (χ4v) is 4.17. The number of unbranched alkanes of at least 4 members (excludes halogenated alkanes) is 1.